The van der Waals surface area contributed by atoms with Crippen LogP contribution in [-0.4, -0.2) is 31.6 Å². The molecular weight excluding hydrogens is 430 g/mol. The minimum atomic E-state index is -0.485. The van der Waals surface area contributed by atoms with Crippen molar-refractivity contribution in [3.63, 3.8) is 0 Å². The first kappa shape index (κ1) is 21.4. The van der Waals surface area contributed by atoms with Gasteiger partial charge >= 0.3 is 5.69 Å². The van der Waals surface area contributed by atoms with Crippen molar-refractivity contribution in [3.05, 3.63) is 111 Å². The zero-order valence-corrected chi connectivity index (χ0v) is 18.8. The highest BCUT2D eigenvalue weighted by atomic mass is 16.2. The van der Waals surface area contributed by atoms with E-state index in [9.17, 15) is 14.4 Å². The Kier molecular flexibility index (Phi) is 5.33. The molecule has 0 saturated heterocycles. The van der Waals surface area contributed by atoms with Crippen LogP contribution in [0.4, 0.5) is 0 Å². The number of aromatic nitrogens is 4. The topological polar surface area (TPSA) is 102 Å². The van der Waals surface area contributed by atoms with Crippen LogP contribution in [0.1, 0.15) is 27.4 Å². The number of aryl methyl sites for hydroxylation is 1. The van der Waals surface area contributed by atoms with Crippen molar-refractivity contribution in [1.29, 1.82) is 0 Å². The summed E-state index contributed by atoms with van der Waals surface area (Å²) >= 11 is 0. The third kappa shape index (κ3) is 3.59. The van der Waals surface area contributed by atoms with Gasteiger partial charge in [-0.25, -0.2) is 9.78 Å². The molecule has 1 amide bonds. The molecule has 5 rings (SSSR count). The maximum absolute atomic E-state index is 13.1. The molecular formula is C26H23N5O3. The van der Waals surface area contributed by atoms with Crippen LogP contribution in [0.2, 0.25) is 0 Å². The Labute approximate surface area is 194 Å². The molecule has 0 radical (unpaired) electrons. The van der Waals surface area contributed by atoms with Crippen LogP contribution in [0.5, 0.6) is 0 Å². The van der Waals surface area contributed by atoms with Crippen LogP contribution in [0, 0.1) is 0 Å². The van der Waals surface area contributed by atoms with Crippen molar-refractivity contribution in [1.82, 2.24) is 24.4 Å². The van der Waals surface area contributed by atoms with Gasteiger partial charge in [-0.15, -0.1) is 0 Å². The lowest BCUT2D eigenvalue weighted by Gasteiger charge is -2.18. The number of para-hydroxylation sites is 1. The highest BCUT2D eigenvalue weighted by molar-refractivity contribution is 5.96. The Morgan fingerprint density at radius 2 is 1.74 bits per heavy atom. The number of carbonyl (C=O) groups is 1. The summed E-state index contributed by atoms with van der Waals surface area (Å²) in [6, 6.07) is 19.6. The summed E-state index contributed by atoms with van der Waals surface area (Å²) in [4.78, 5) is 45.3. The van der Waals surface area contributed by atoms with Crippen LogP contribution in [-0.2, 0) is 14.1 Å². The largest absolute Gasteiger partial charge is 0.361 e. The van der Waals surface area contributed by atoms with Crippen molar-refractivity contribution < 1.29 is 4.79 Å². The molecule has 0 aliphatic carbocycles. The summed E-state index contributed by atoms with van der Waals surface area (Å²) in [7, 11) is 2.95. The van der Waals surface area contributed by atoms with E-state index in [1.54, 1.807) is 7.05 Å². The van der Waals surface area contributed by atoms with Crippen molar-refractivity contribution in [3.8, 4) is 0 Å². The van der Waals surface area contributed by atoms with E-state index in [1.807, 2.05) is 54.7 Å². The van der Waals surface area contributed by atoms with E-state index >= 15 is 0 Å². The fourth-order valence-electron chi connectivity index (χ4n) is 4.36. The molecule has 3 aromatic heterocycles. The lowest BCUT2D eigenvalue weighted by Crippen LogP contribution is -2.37. The second-order valence-electron chi connectivity index (χ2n) is 8.26. The Balaban J connectivity index is 1.48. The Bertz CT molecular complexity index is 1650. The van der Waals surface area contributed by atoms with Gasteiger partial charge in [0.05, 0.1) is 10.9 Å². The first-order valence-electron chi connectivity index (χ1n) is 10.9. The lowest BCUT2D eigenvalue weighted by atomic mass is 9.91. The fraction of sp³-hybridized carbons (Fsp3) is 0.154. The highest BCUT2D eigenvalue weighted by Crippen LogP contribution is 2.30. The molecule has 0 aliphatic rings. The summed E-state index contributed by atoms with van der Waals surface area (Å²) in [6.07, 6.45) is 3.37. The molecule has 3 heterocycles. The van der Waals surface area contributed by atoms with E-state index in [0.717, 1.165) is 26.6 Å². The SMILES string of the molecule is Cn1c(=O)c2cc(C(=O)NC[C@@H](c3ccccc3)c3c[nH]c4ccccc34)cnc2n(C)c1=O. The van der Waals surface area contributed by atoms with Gasteiger partial charge in [0, 0.05) is 49.9 Å². The second kappa shape index (κ2) is 8.47. The fourth-order valence-corrected chi connectivity index (χ4v) is 4.36. The molecule has 0 fully saturated rings. The molecule has 1 atom stereocenters. The number of rotatable bonds is 5. The minimum absolute atomic E-state index is 0.0802. The van der Waals surface area contributed by atoms with E-state index < -0.39 is 11.2 Å². The zero-order valence-electron chi connectivity index (χ0n) is 18.8. The maximum Gasteiger partial charge on any atom is 0.332 e. The summed E-state index contributed by atoms with van der Waals surface area (Å²) in [5.41, 5.74) is 2.74. The van der Waals surface area contributed by atoms with Gasteiger partial charge in [-0.3, -0.25) is 18.7 Å². The average Bonchev–Trinajstić information content (AvgIpc) is 3.30. The Morgan fingerprint density at radius 3 is 2.53 bits per heavy atom. The predicted molar refractivity (Wildman–Crippen MR) is 131 cm³/mol. The number of carbonyl (C=O) groups excluding carboxylic acids is 1. The van der Waals surface area contributed by atoms with E-state index in [0.29, 0.717) is 6.54 Å². The molecule has 0 bridgehead atoms. The van der Waals surface area contributed by atoms with Gasteiger partial charge in [-0.05, 0) is 23.3 Å². The number of nitrogens with zero attached hydrogens (tertiary/aromatic N) is 3. The molecule has 0 aliphatic heterocycles. The van der Waals surface area contributed by atoms with Gasteiger partial charge in [-0.1, -0.05) is 48.5 Å². The first-order valence-corrected chi connectivity index (χ1v) is 10.9. The molecule has 5 aromatic rings. The van der Waals surface area contributed by atoms with Gasteiger partial charge in [0.25, 0.3) is 11.5 Å². The summed E-state index contributed by atoms with van der Waals surface area (Å²) in [5.74, 6) is -0.422. The molecule has 8 nitrogen and oxygen atoms in total. The van der Waals surface area contributed by atoms with E-state index in [1.165, 1.54) is 23.9 Å². The number of H-pyrrole nitrogens is 1. The number of nitrogens with one attached hydrogen (secondary N) is 2. The van der Waals surface area contributed by atoms with Crippen molar-refractivity contribution >= 4 is 27.8 Å². The summed E-state index contributed by atoms with van der Waals surface area (Å²) in [6.45, 7) is 0.355. The van der Waals surface area contributed by atoms with Gasteiger partial charge in [0.15, 0.2) is 0 Å². The number of pyridine rings is 1. The van der Waals surface area contributed by atoms with E-state index in [-0.39, 0.29) is 28.4 Å². The first-order chi connectivity index (χ1) is 16.5. The molecule has 34 heavy (non-hydrogen) atoms. The molecule has 0 unspecified atom stereocenters. The third-order valence-corrected chi connectivity index (χ3v) is 6.22. The molecule has 2 N–H and O–H groups in total. The average molecular weight is 454 g/mol. The number of benzene rings is 2. The molecule has 0 saturated carbocycles. The quantitative estimate of drug-likeness (QED) is 0.427. The third-order valence-electron chi connectivity index (χ3n) is 6.22. The maximum atomic E-state index is 13.1. The highest BCUT2D eigenvalue weighted by Gasteiger charge is 2.20. The summed E-state index contributed by atoms with van der Waals surface area (Å²) < 4.78 is 2.30. The number of amides is 1. The molecule has 2 aromatic carbocycles. The summed E-state index contributed by atoms with van der Waals surface area (Å²) in [5, 5.41) is 4.32. The molecule has 0 spiro atoms. The normalized spacial score (nSPS) is 12.2. The molecule has 170 valence electrons. The van der Waals surface area contributed by atoms with Crippen LogP contribution < -0.4 is 16.6 Å². The smallest absolute Gasteiger partial charge is 0.332 e. The number of aromatic amines is 1. The van der Waals surface area contributed by atoms with E-state index in [2.05, 4.69) is 21.4 Å². The van der Waals surface area contributed by atoms with Crippen molar-refractivity contribution in [2.45, 2.75) is 5.92 Å². The van der Waals surface area contributed by atoms with Crippen LogP contribution >= 0.6 is 0 Å². The second-order valence-corrected chi connectivity index (χ2v) is 8.26. The molecule has 8 heteroatoms. The standard InChI is InChI=1S/C26H23N5O3/c1-30-23-19(25(33)31(2)26(30)34)12-17(13-28-23)24(32)29-14-20(16-8-4-3-5-9-16)21-15-27-22-11-7-6-10-18(21)22/h3-13,15,20,27H,14H2,1-2H3,(H,29,32)/t20-/m0/s1. The zero-order chi connectivity index (χ0) is 23.8. The lowest BCUT2D eigenvalue weighted by molar-refractivity contribution is 0.0952. The van der Waals surface area contributed by atoms with Gasteiger partial charge in [-0.2, -0.15) is 0 Å². The van der Waals surface area contributed by atoms with Gasteiger partial charge in [0.1, 0.15) is 5.65 Å². The predicted octanol–water partition coefficient (Wildman–Crippen LogP) is 2.68. The van der Waals surface area contributed by atoms with E-state index in [4.69, 9.17) is 0 Å². The van der Waals surface area contributed by atoms with Crippen molar-refractivity contribution in [2.75, 3.05) is 6.54 Å². The van der Waals surface area contributed by atoms with Crippen LogP contribution in [0.3, 0.4) is 0 Å². The number of hydrogen-bond donors (Lipinski definition) is 2. The Hall–Kier alpha value is -4.46. The van der Waals surface area contributed by atoms with Gasteiger partial charge < -0.3 is 10.3 Å². The number of hydrogen-bond acceptors (Lipinski definition) is 4. The number of fused-ring (bicyclic) bond motifs is 2. The van der Waals surface area contributed by atoms with Gasteiger partial charge in [0.2, 0.25) is 0 Å². The monoisotopic (exact) mass is 453 g/mol. The Morgan fingerprint density at radius 1 is 1.00 bits per heavy atom. The minimum Gasteiger partial charge on any atom is -0.361 e. The van der Waals surface area contributed by atoms with Crippen molar-refractivity contribution in [2.24, 2.45) is 14.1 Å². The van der Waals surface area contributed by atoms with Crippen LogP contribution in [0.25, 0.3) is 21.9 Å². The van der Waals surface area contributed by atoms with Crippen LogP contribution in [0.15, 0.2) is 82.6 Å².